The molecule has 9 atom stereocenters. The van der Waals surface area contributed by atoms with Crippen molar-refractivity contribution in [1.29, 1.82) is 0 Å². The highest BCUT2D eigenvalue weighted by atomic mass is 16.7. The molecule has 2 amide bonds. The van der Waals surface area contributed by atoms with E-state index in [4.69, 9.17) is 9.57 Å². The number of para-hydroxylation sites is 1. The molecule has 0 radical (unpaired) electrons. The summed E-state index contributed by atoms with van der Waals surface area (Å²) in [7, 11) is 5.44. The van der Waals surface area contributed by atoms with Gasteiger partial charge in [-0.3, -0.25) is 19.1 Å². The first kappa shape index (κ1) is 44.4. The van der Waals surface area contributed by atoms with Gasteiger partial charge in [-0.1, -0.05) is 58.0 Å². The van der Waals surface area contributed by atoms with Crippen LogP contribution in [0.2, 0.25) is 0 Å². The number of hydrogen-bond acceptors (Lipinski definition) is 12. The lowest BCUT2D eigenvalue weighted by Gasteiger charge is -2.62. The fourth-order valence-corrected chi connectivity index (χ4v) is 9.92. The number of ether oxygens (including phenoxy) is 1. The normalized spacial score (nSPS) is 25.9. The van der Waals surface area contributed by atoms with Crippen LogP contribution in [0.15, 0.2) is 42.6 Å². The first-order chi connectivity index (χ1) is 28.1. The zero-order valence-electron chi connectivity index (χ0n) is 36.3. The highest BCUT2D eigenvalue weighted by Crippen LogP contribution is 2.61. The van der Waals surface area contributed by atoms with E-state index in [2.05, 4.69) is 60.5 Å². The Kier molecular flexibility index (Phi) is 14.0. The summed E-state index contributed by atoms with van der Waals surface area (Å²) in [6, 6.07) is 10.3. The lowest BCUT2D eigenvalue weighted by Crippen LogP contribution is -2.62. The Morgan fingerprint density at radius 2 is 1.86 bits per heavy atom. The predicted octanol–water partition coefficient (Wildman–Crippen LogP) is 3.31. The number of nitrogens with one attached hydrogen (secondary N) is 2. The molecule has 5 N–H and O–H groups in total. The van der Waals surface area contributed by atoms with Crippen molar-refractivity contribution in [2.45, 2.75) is 104 Å². The van der Waals surface area contributed by atoms with Crippen LogP contribution in [0.4, 0.5) is 5.69 Å². The molecule has 1 aliphatic heterocycles. The van der Waals surface area contributed by atoms with Gasteiger partial charge < -0.3 is 40.5 Å². The van der Waals surface area contributed by atoms with E-state index in [-0.39, 0.29) is 49.1 Å². The Balaban J connectivity index is 1.28. The van der Waals surface area contributed by atoms with Gasteiger partial charge in [0.05, 0.1) is 51.8 Å². The van der Waals surface area contributed by atoms with Crippen LogP contribution in [0.3, 0.4) is 0 Å². The number of nitrogens with zero attached hydrogens (tertiary/aromatic N) is 6. The minimum Gasteiger partial charge on any atom is -0.496 e. The fraction of sp³-hybridized carbons (Fsp3) is 0.636. The monoisotopic (exact) mass is 819 g/mol. The van der Waals surface area contributed by atoms with Crippen LogP contribution in [0.1, 0.15) is 76.0 Å². The number of rotatable bonds is 18. The van der Waals surface area contributed by atoms with Crippen LogP contribution >= 0.6 is 0 Å². The van der Waals surface area contributed by atoms with Gasteiger partial charge in [0.25, 0.3) is 5.91 Å². The molecule has 7 rings (SSSR count). The second-order valence-corrected chi connectivity index (χ2v) is 17.6. The number of hydroxylamine groups is 2. The second kappa shape index (κ2) is 18.7. The predicted molar refractivity (Wildman–Crippen MR) is 225 cm³/mol. The molecule has 4 aliphatic rings. The summed E-state index contributed by atoms with van der Waals surface area (Å²) in [5.41, 5.74) is 4.22. The highest BCUT2D eigenvalue weighted by molar-refractivity contribution is 5.97. The molecule has 2 heterocycles. The van der Waals surface area contributed by atoms with Gasteiger partial charge in [0, 0.05) is 55.0 Å². The Morgan fingerprint density at radius 1 is 1.12 bits per heavy atom. The molecule has 1 unspecified atom stereocenters. The van der Waals surface area contributed by atoms with Crippen molar-refractivity contribution >= 4 is 17.5 Å². The number of aliphatic hydroxyl groups is 3. The van der Waals surface area contributed by atoms with E-state index in [1.807, 2.05) is 55.4 Å². The summed E-state index contributed by atoms with van der Waals surface area (Å²) in [6.45, 7) is 14.8. The van der Waals surface area contributed by atoms with Gasteiger partial charge in [0.1, 0.15) is 23.6 Å². The summed E-state index contributed by atoms with van der Waals surface area (Å²) in [5.74, 6) is 0.828. The number of carbonyl (C=O) groups excluding carboxylic acids is 2. The number of aliphatic hydroxyl groups excluding tert-OH is 3. The molecule has 324 valence electrons. The molecule has 4 fully saturated rings. The van der Waals surface area contributed by atoms with Gasteiger partial charge in [-0.2, -0.15) is 5.06 Å². The minimum atomic E-state index is -0.920. The third-order valence-electron chi connectivity index (χ3n) is 13.6. The van der Waals surface area contributed by atoms with Crippen LogP contribution in [-0.2, 0) is 29.3 Å². The molecule has 3 aromatic rings. The van der Waals surface area contributed by atoms with E-state index >= 15 is 0 Å². The van der Waals surface area contributed by atoms with E-state index in [0.29, 0.717) is 47.9 Å². The Hall–Kier alpha value is -4.12. The number of carbonyl (C=O) groups is 2. The number of anilines is 1. The molecule has 1 saturated heterocycles. The minimum absolute atomic E-state index is 0.0198. The van der Waals surface area contributed by atoms with E-state index in [9.17, 15) is 24.9 Å². The molecule has 2 bridgehead atoms. The lowest BCUT2D eigenvalue weighted by molar-refractivity contribution is -0.183. The van der Waals surface area contributed by atoms with E-state index in [0.717, 1.165) is 41.9 Å². The summed E-state index contributed by atoms with van der Waals surface area (Å²) in [6.07, 6.45) is 2.09. The zero-order chi connectivity index (χ0) is 42.8. The topological polar surface area (TPSA) is 178 Å². The van der Waals surface area contributed by atoms with Crippen molar-refractivity contribution in [3.05, 3.63) is 59.4 Å². The molecule has 15 heteroatoms. The molecule has 3 aliphatic carbocycles. The van der Waals surface area contributed by atoms with Crippen molar-refractivity contribution < 1.29 is 34.5 Å². The highest BCUT2D eigenvalue weighted by Gasteiger charge is 2.57. The summed E-state index contributed by atoms with van der Waals surface area (Å²) >= 11 is 0. The van der Waals surface area contributed by atoms with Gasteiger partial charge in [0.2, 0.25) is 5.91 Å². The Labute approximate surface area is 349 Å². The largest absolute Gasteiger partial charge is 0.496 e. The number of fused-ring (bicyclic) bond motifs is 2. The zero-order valence-corrected chi connectivity index (χ0v) is 36.3. The first-order valence-electron chi connectivity index (χ1n) is 21.2. The third kappa shape index (κ3) is 9.30. The Bertz CT molecular complexity index is 1910. The van der Waals surface area contributed by atoms with Gasteiger partial charge in [-0.25, -0.2) is 0 Å². The summed E-state index contributed by atoms with van der Waals surface area (Å²) in [5, 5.41) is 47.3. The van der Waals surface area contributed by atoms with Crippen LogP contribution < -0.4 is 20.3 Å². The third-order valence-corrected chi connectivity index (χ3v) is 13.6. The van der Waals surface area contributed by atoms with Crippen LogP contribution in [0.5, 0.6) is 5.75 Å². The SMILES string of the molecule is CCN(CC)C[C@@H](Cn1cc(CO)nn1)NC(=O)c1cc(-c2cccc(CN3O[C@@H](CO)[C@@H]([C@H](C)O)[C@H]3C(=O)NC3C[C@H]4C[C@@H]([C@@H]3C)C4(C)C)c2OC)cc(N(C)C)c1. The first-order valence-corrected chi connectivity index (χ1v) is 21.2. The maximum Gasteiger partial charge on any atom is 0.251 e. The maximum absolute atomic E-state index is 14.3. The van der Waals surface area contributed by atoms with Crippen LogP contribution in [-0.4, -0.2) is 130 Å². The number of methoxy groups -OCH3 is 1. The average Bonchev–Trinajstić information content (AvgIpc) is 3.84. The maximum atomic E-state index is 14.3. The number of amides is 2. The molecule has 0 spiro atoms. The lowest BCUT2D eigenvalue weighted by atomic mass is 9.45. The van der Waals surface area contributed by atoms with E-state index < -0.39 is 24.2 Å². The molecule has 15 nitrogen and oxygen atoms in total. The summed E-state index contributed by atoms with van der Waals surface area (Å²) < 4.78 is 7.75. The molecular weight excluding hydrogens is 753 g/mol. The Morgan fingerprint density at radius 3 is 2.46 bits per heavy atom. The van der Waals surface area contributed by atoms with Crippen molar-refractivity contribution in [3.8, 4) is 16.9 Å². The van der Waals surface area contributed by atoms with Crippen molar-refractivity contribution in [2.75, 3.05) is 52.3 Å². The molecule has 59 heavy (non-hydrogen) atoms. The number of benzene rings is 2. The smallest absolute Gasteiger partial charge is 0.251 e. The van der Waals surface area contributed by atoms with Crippen molar-refractivity contribution in [3.63, 3.8) is 0 Å². The molecular formula is C44H66N8O7. The molecule has 2 aromatic carbocycles. The van der Waals surface area contributed by atoms with Crippen LogP contribution in [0, 0.1) is 29.1 Å². The van der Waals surface area contributed by atoms with Gasteiger partial charge in [-0.15, -0.1) is 5.10 Å². The molecule has 1 aromatic heterocycles. The second-order valence-electron chi connectivity index (χ2n) is 17.6. The average molecular weight is 819 g/mol. The standard InChI is InChI=1S/C44H66N8O7/c1-10-50(11-2)21-32(22-51-23-33(24-53)47-48-51)45-42(56)30-15-29(16-34(17-30)49(7)8)35-14-12-13-28(41(35)58-9)20-52-40(39(27(4)55)38(25-54)59-52)43(57)46-37-19-31-18-36(26(37)3)44(31,5)6/h12-17,23,26-27,31-32,36-40,53-55H,10-11,18-22,24-25H2,1-9H3,(H,45,56)(H,46,57)/t26-,27-,31+,32-,36-,37?,38-,39+,40-/m0/s1. The van der Waals surface area contributed by atoms with E-state index in [1.165, 1.54) is 6.42 Å². The number of hydrogen-bond donors (Lipinski definition) is 5. The van der Waals surface area contributed by atoms with Gasteiger partial charge >= 0.3 is 0 Å². The quantitative estimate of drug-likeness (QED) is 0.127. The number of likely N-dealkylation sites (N-methyl/N-ethyl adjacent to an activating group) is 1. The van der Waals surface area contributed by atoms with Crippen LogP contribution in [0.25, 0.3) is 11.1 Å². The van der Waals surface area contributed by atoms with Gasteiger partial charge in [-0.05, 0) is 79.8 Å². The number of aromatic nitrogens is 3. The van der Waals surface area contributed by atoms with E-state index in [1.54, 1.807) is 30.0 Å². The fourth-order valence-electron chi connectivity index (χ4n) is 9.92. The van der Waals surface area contributed by atoms with Crippen molar-refractivity contribution in [1.82, 2.24) is 35.6 Å². The molecule has 3 saturated carbocycles. The van der Waals surface area contributed by atoms with Crippen molar-refractivity contribution in [2.24, 2.45) is 29.1 Å². The van der Waals surface area contributed by atoms with Gasteiger partial charge in [0.15, 0.2) is 0 Å². The summed E-state index contributed by atoms with van der Waals surface area (Å²) in [4.78, 5) is 39.0.